The predicted molar refractivity (Wildman–Crippen MR) is 46.2 cm³/mol. The summed E-state index contributed by atoms with van der Waals surface area (Å²) >= 11 is 0. The van der Waals surface area contributed by atoms with Gasteiger partial charge in [-0.05, 0) is 13.2 Å². The first-order valence-electron chi connectivity index (χ1n) is 2.70. The van der Waals surface area contributed by atoms with Gasteiger partial charge in [0.1, 0.15) is 0 Å². The van der Waals surface area contributed by atoms with Gasteiger partial charge in [0.05, 0.1) is 6.61 Å². The molecule has 3 nitrogen and oxygen atoms in total. The van der Waals surface area contributed by atoms with Gasteiger partial charge >= 0.3 is 0 Å². The number of hydrogen-bond acceptors (Lipinski definition) is 4. The van der Waals surface area contributed by atoms with Gasteiger partial charge in [-0.25, -0.2) is 0 Å². The van der Waals surface area contributed by atoms with Crippen molar-refractivity contribution in [3.63, 3.8) is 0 Å². The van der Waals surface area contributed by atoms with E-state index in [0.29, 0.717) is 18.2 Å². The Morgan fingerprint density at radius 3 is 2.90 bits per heavy atom. The summed E-state index contributed by atoms with van der Waals surface area (Å²) in [6.45, 7) is 2.39. The molecule has 5 heteroatoms. The third kappa shape index (κ3) is 4.69. The summed E-state index contributed by atoms with van der Waals surface area (Å²) in [6.07, 6.45) is 2.37. The van der Waals surface area contributed by atoms with E-state index in [1.54, 1.807) is 0 Å². The number of amides is 1. The molecule has 0 saturated heterocycles. The molecule has 0 saturated carbocycles. The van der Waals surface area contributed by atoms with Crippen molar-refractivity contribution in [1.29, 1.82) is 0 Å². The minimum absolute atomic E-state index is 0.421. The number of hydrogen-bond donors (Lipinski definition) is 0. The largest absolute Gasteiger partial charge is 0.472 e. The van der Waals surface area contributed by atoms with E-state index in [4.69, 9.17) is 4.74 Å². The van der Waals surface area contributed by atoms with Crippen LogP contribution in [0.25, 0.3) is 0 Å². The standard InChI is InChI=1S/C5H9NO2S2/c1-3-8-5(6-4-7)10-9-2/h4H,3H2,1-2H3/b6-5-. The van der Waals surface area contributed by atoms with Crippen molar-refractivity contribution >= 4 is 33.2 Å². The average molecular weight is 179 g/mol. The highest BCUT2D eigenvalue weighted by molar-refractivity contribution is 8.81. The van der Waals surface area contributed by atoms with Gasteiger partial charge in [0.25, 0.3) is 5.23 Å². The number of carbonyl (C=O) groups excluding carboxylic acids is 1. The Morgan fingerprint density at radius 1 is 1.80 bits per heavy atom. The lowest BCUT2D eigenvalue weighted by Crippen LogP contribution is -1.97. The van der Waals surface area contributed by atoms with Crippen LogP contribution in [0.3, 0.4) is 0 Å². The highest BCUT2D eigenvalue weighted by Gasteiger charge is 1.96. The number of carbonyl (C=O) groups is 1. The second kappa shape index (κ2) is 6.95. The molecule has 0 aliphatic carbocycles. The Balaban J connectivity index is 3.71. The zero-order valence-electron chi connectivity index (χ0n) is 5.86. The normalized spacial score (nSPS) is 11.2. The summed E-state index contributed by atoms with van der Waals surface area (Å²) in [6, 6.07) is 0. The lowest BCUT2D eigenvalue weighted by molar-refractivity contribution is -0.106. The van der Waals surface area contributed by atoms with Crippen molar-refractivity contribution < 1.29 is 9.53 Å². The van der Waals surface area contributed by atoms with E-state index in [1.165, 1.54) is 21.6 Å². The van der Waals surface area contributed by atoms with Crippen LogP contribution in [0.4, 0.5) is 0 Å². The van der Waals surface area contributed by atoms with E-state index in [9.17, 15) is 4.79 Å². The van der Waals surface area contributed by atoms with Gasteiger partial charge < -0.3 is 4.74 Å². The Hall–Kier alpha value is -0.160. The second-order valence-corrected chi connectivity index (χ2v) is 3.53. The minimum Gasteiger partial charge on any atom is -0.472 e. The maximum atomic E-state index is 9.87. The highest BCUT2D eigenvalue weighted by atomic mass is 33.1. The fourth-order valence-corrected chi connectivity index (χ4v) is 1.42. The Kier molecular flexibility index (Phi) is 6.84. The van der Waals surface area contributed by atoms with Gasteiger partial charge in [0.2, 0.25) is 6.41 Å². The molecule has 0 N–H and O–H groups in total. The number of rotatable bonds is 3. The lowest BCUT2D eigenvalue weighted by Gasteiger charge is -2.00. The van der Waals surface area contributed by atoms with Crippen LogP contribution in [0.2, 0.25) is 0 Å². The molecular formula is C5H9NO2S2. The van der Waals surface area contributed by atoms with Crippen LogP contribution >= 0.6 is 21.6 Å². The summed E-state index contributed by atoms with van der Waals surface area (Å²) in [4.78, 5) is 13.3. The summed E-state index contributed by atoms with van der Waals surface area (Å²) in [5.74, 6) is 0. The van der Waals surface area contributed by atoms with Gasteiger partial charge in [-0.1, -0.05) is 10.8 Å². The maximum Gasteiger partial charge on any atom is 0.264 e. The van der Waals surface area contributed by atoms with Crippen LogP contribution in [-0.2, 0) is 9.53 Å². The van der Waals surface area contributed by atoms with Crippen molar-refractivity contribution in [3.05, 3.63) is 0 Å². The van der Waals surface area contributed by atoms with Crippen molar-refractivity contribution in [2.24, 2.45) is 4.99 Å². The smallest absolute Gasteiger partial charge is 0.264 e. The van der Waals surface area contributed by atoms with E-state index in [1.807, 2.05) is 13.2 Å². The summed E-state index contributed by atoms with van der Waals surface area (Å²) in [5.41, 5.74) is 0. The van der Waals surface area contributed by atoms with Crippen molar-refractivity contribution in [2.45, 2.75) is 6.92 Å². The molecule has 0 spiro atoms. The molecule has 0 unspecified atom stereocenters. The molecule has 58 valence electrons. The number of nitrogens with zero attached hydrogens (tertiary/aromatic N) is 1. The van der Waals surface area contributed by atoms with Crippen LogP contribution in [-0.4, -0.2) is 24.5 Å². The first-order valence-corrected chi connectivity index (χ1v) is 5.25. The van der Waals surface area contributed by atoms with E-state index in [-0.39, 0.29) is 0 Å². The number of ether oxygens (including phenoxy) is 1. The molecule has 10 heavy (non-hydrogen) atoms. The molecule has 0 bridgehead atoms. The number of aliphatic imine (C=N–C) groups is 1. The zero-order chi connectivity index (χ0) is 7.82. The fraction of sp³-hybridized carbons (Fsp3) is 0.600. The zero-order valence-corrected chi connectivity index (χ0v) is 7.50. The third-order valence-electron chi connectivity index (χ3n) is 0.581. The van der Waals surface area contributed by atoms with Gasteiger partial charge in [-0.3, -0.25) is 4.79 Å². The highest BCUT2D eigenvalue weighted by Crippen LogP contribution is 2.19. The van der Waals surface area contributed by atoms with Crippen LogP contribution in [0.15, 0.2) is 4.99 Å². The quantitative estimate of drug-likeness (QED) is 0.285. The lowest BCUT2D eigenvalue weighted by atomic mass is 10.9. The summed E-state index contributed by atoms with van der Waals surface area (Å²) in [7, 11) is 2.83. The first-order chi connectivity index (χ1) is 4.85. The molecule has 0 atom stereocenters. The third-order valence-corrected chi connectivity index (χ3v) is 2.04. The molecule has 0 aromatic heterocycles. The van der Waals surface area contributed by atoms with Gasteiger partial charge in [0, 0.05) is 10.8 Å². The Morgan fingerprint density at radius 2 is 2.50 bits per heavy atom. The fourth-order valence-electron chi connectivity index (χ4n) is 0.321. The van der Waals surface area contributed by atoms with Crippen molar-refractivity contribution in [2.75, 3.05) is 12.9 Å². The van der Waals surface area contributed by atoms with Crippen molar-refractivity contribution in [3.8, 4) is 0 Å². The first kappa shape index (κ1) is 9.84. The SMILES string of the molecule is CCO/C(=N/C=O)SSC. The van der Waals surface area contributed by atoms with Gasteiger partial charge in [0.15, 0.2) is 0 Å². The molecule has 0 fully saturated rings. The maximum absolute atomic E-state index is 9.87. The van der Waals surface area contributed by atoms with Crippen LogP contribution in [0.1, 0.15) is 6.92 Å². The topological polar surface area (TPSA) is 38.7 Å². The van der Waals surface area contributed by atoms with E-state index >= 15 is 0 Å². The second-order valence-electron chi connectivity index (χ2n) is 1.18. The molecule has 0 rings (SSSR count). The minimum atomic E-state index is 0.421. The van der Waals surface area contributed by atoms with E-state index in [0.717, 1.165) is 0 Å². The molecule has 0 aliphatic heterocycles. The molecule has 0 aromatic rings. The molecule has 1 amide bonds. The molecule has 0 aromatic carbocycles. The van der Waals surface area contributed by atoms with Gasteiger partial charge in [-0.2, -0.15) is 4.99 Å². The van der Waals surface area contributed by atoms with Crippen LogP contribution in [0, 0.1) is 0 Å². The molecule has 0 aliphatic rings. The van der Waals surface area contributed by atoms with E-state index in [2.05, 4.69) is 4.99 Å². The van der Waals surface area contributed by atoms with E-state index < -0.39 is 0 Å². The Bertz CT molecular complexity index is 119. The molecular weight excluding hydrogens is 170 g/mol. The molecule has 0 heterocycles. The summed E-state index contributed by atoms with van der Waals surface area (Å²) < 4.78 is 4.98. The van der Waals surface area contributed by atoms with Crippen molar-refractivity contribution in [1.82, 2.24) is 0 Å². The molecule has 0 radical (unpaired) electrons. The van der Waals surface area contributed by atoms with Crippen LogP contribution in [0.5, 0.6) is 0 Å². The monoisotopic (exact) mass is 179 g/mol. The Labute approximate surface area is 68.0 Å². The average Bonchev–Trinajstić information content (AvgIpc) is 1.90. The predicted octanol–water partition coefficient (Wildman–Crippen LogP) is 1.55. The summed E-state index contributed by atoms with van der Waals surface area (Å²) in [5, 5.41) is 0.421. The van der Waals surface area contributed by atoms with Gasteiger partial charge in [-0.15, -0.1) is 0 Å². The van der Waals surface area contributed by atoms with Crippen LogP contribution < -0.4 is 0 Å².